The van der Waals surface area contributed by atoms with Gasteiger partial charge in [0.15, 0.2) is 37.7 Å². The first-order valence-electron chi connectivity index (χ1n) is 12.0. The van der Waals surface area contributed by atoms with Crippen molar-refractivity contribution in [2.75, 3.05) is 4.90 Å². The Hall–Kier alpha value is -4.52. The molecule has 0 saturated heterocycles. The third-order valence-corrected chi connectivity index (χ3v) is 6.64. The molecule has 0 unspecified atom stereocenters. The molecule has 0 aromatic heterocycles. The molecule has 0 aliphatic carbocycles. The Kier molecular flexibility index (Phi) is 8.74. The van der Waals surface area contributed by atoms with E-state index in [1.165, 1.54) is 4.90 Å². The van der Waals surface area contributed by atoms with Crippen LogP contribution in [0.25, 0.3) is 0 Å². The first-order chi connectivity index (χ1) is 18.0. The lowest BCUT2D eigenvalue weighted by Gasteiger charge is -2.31. The molecular formula is C30H27NO6. The molecule has 0 fully saturated rings. The van der Waals surface area contributed by atoms with E-state index in [1.807, 2.05) is 20.8 Å². The number of anilines is 3. The van der Waals surface area contributed by atoms with Gasteiger partial charge < -0.3 is 4.90 Å². The Morgan fingerprint density at radius 2 is 0.676 bits per heavy atom. The summed E-state index contributed by atoms with van der Waals surface area (Å²) in [6, 6.07) is 9.97. The van der Waals surface area contributed by atoms with Gasteiger partial charge in [0.25, 0.3) is 0 Å². The van der Waals surface area contributed by atoms with Gasteiger partial charge in [-0.15, -0.1) is 0 Å². The highest BCUT2D eigenvalue weighted by Gasteiger charge is 2.27. The summed E-state index contributed by atoms with van der Waals surface area (Å²) >= 11 is 0. The van der Waals surface area contributed by atoms with Gasteiger partial charge in [0.05, 0.1) is 17.1 Å². The first kappa shape index (κ1) is 27.1. The van der Waals surface area contributed by atoms with E-state index in [9.17, 15) is 28.8 Å². The summed E-state index contributed by atoms with van der Waals surface area (Å²) < 4.78 is 0. The van der Waals surface area contributed by atoms with Crippen molar-refractivity contribution in [2.24, 2.45) is 0 Å². The summed E-state index contributed by atoms with van der Waals surface area (Å²) in [6.07, 6.45) is 4.93. The average molecular weight is 498 g/mol. The maximum absolute atomic E-state index is 12.4. The summed E-state index contributed by atoms with van der Waals surface area (Å²) in [4.78, 5) is 74.7. The van der Waals surface area contributed by atoms with Crippen LogP contribution in [-0.2, 0) is 19.3 Å². The molecule has 0 amide bonds. The number of aryl methyl sites for hydroxylation is 3. The molecule has 3 aromatic rings. The zero-order valence-electron chi connectivity index (χ0n) is 20.9. The number of carbonyl (C=O) groups is 6. The van der Waals surface area contributed by atoms with Gasteiger partial charge in [-0.2, -0.15) is 0 Å². The molecule has 0 aliphatic rings. The number of hydrogen-bond donors (Lipinski definition) is 0. The fraction of sp³-hybridized carbons (Fsp3) is 0.200. The monoisotopic (exact) mass is 497 g/mol. The van der Waals surface area contributed by atoms with Crippen LogP contribution >= 0.6 is 0 Å². The van der Waals surface area contributed by atoms with Gasteiger partial charge in [0.2, 0.25) is 0 Å². The highest BCUT2D eigenvalue weighted by molar-refractivity contribution is 6.07. The van der Waals surface area contributed by atoms with E-state index in [4.69, 9.17) is 0 Å². The zero-order valence-corrected chi connectivity index (χ0v) is 20.9. The molecular weight excluding hydrogens is 470 g/mol. The molecule has 3 aromatic carbocycles. The molecule has 7 heteroatoms. The predicted octanol–water partition coefficient (Wildman–Crippen LogP) is 5.72. The highest BCUT2D eigenvalue weighted by atomic mass is 16.1. The van der Waals surface area contributed by atoms with Crippen LogP contribution in [-0.4, -0.2) is 37.7 Å². The molecule has 0 heterocycles. The lowest BCUT2D eigenvalue weighted by atomic mass is 9.93. The number of nitrogens with zero attached hydrogens (tertiary/aromatic N) is 1. The maximum Gasteiger partial charge on any atom is 0.152 e. The lowest BCUT2D eigenvalue weighted by molar-refractivity contribution is 0.109. The fourth-order valence-electron chi connectivity index (χ4n) is 4.70. The summed E-state index contributed by atoms with van der Waals surface area (Å²) in [5.74, 6) is 0. The number of hydrogen-bond acceptors (Lipinski definition) is 7. The quantitative estimate of drug-likeness (QED) is 0.295. The second kappa shape index (κ2) is 11.9. The van der Waals surface area contributed by atoms with Crippen LogP contribution in [0.3, 0.4) is 0 Å². The van der Waals surface area contributed by atoms with E-state index in [-0.39, 0.29) is 50.4 Å². The van der Waals surface area contributed by atoms with E-state index >= 15 is 0 Å². The number of rotatable bonds is 12. The van der Waals surface area contributed by atoms with Crippen LogP contribution < -0.4 is 4.90 Å². The van der Waals surface area contributed by atoms with Gasteiger partial charge in [0, 0.05) is 33.4 Å². The molecule has 0 saturated carbocycles. The van der Waals surface area contributed by atoms with Crippen molar-refractivity contribution in [2.45, 2.75) is 40.0 Å². The van der Waals surface area contributed by atoms with Crippen molar-refractivity contribution in [1.82, 2.24) is 0 Å². The first-order valence-corrected chi connectivity index (χ1v) is 12.0. The Balaban J connectivity index is 2.58. The van der Waals surface area contributed by atoms with Crippen molar-refractivity contribution in [3.05, 3.63) is 86.5 Å². The van der Waals surface area contributed by atoms with E-state index < -0.39 is 0 Å². The van der Waals surface area contributed by atoms with Gasteiger partial charge in [-0.25, -0.2) is 0 Å². The normalized spacial score (nSPS) is 10.5. The van der Waals surface area contributed by atoms with Gasteiger partial charge in [-0.3, -0.25) is 28.8 Å². The van der Waals surface area contributed by atoms with Crippen LogP contribution in [0.4, 0.5) is 17.1 Å². The van der Waals surface area contributed by atoms with Gasteiger partial charge in [-0.05, 0) is 54.2 Å². The molecule has 7 nitrogen and oxygen atoms in total. The van der Waals surface area contributed by atoms with Gasteiger partial charge >= 0.3 is 0 Å². The van der Waals surface area contributed by atoms with Gasteiger partial charge in [0.1, 0.15) is 0 Å². The Bertz CT molecular complexity index is 1240. The van der Waals surface area contributed by atoms with Crippen LogP contribution in [0.5, 0.6) is 0 Å². The topological polar surface area (TPSA) is 106 Å². The summed E-state index contributed by atoms with van der Waals surface area (Å²) in [7, 11) is 0. The zero-order chi connectivity index (χ0) is 27.1. The fourth-order valence-corrected chi connectivity index (χ4v) is 4.70. The smallest absolute Gasteiger partial charge is 0.152 e. The van der Waals surface area contributed by atoms with Crippen LogP contribution in [0.1, 0.15) is 99.6 Å². The average Bonchev–Trinajstić information content (AvgIpc) is 2.95. The van der Waals surface area contributed by atoms with Crippen LogP contribution in [0.2, 0.25) is 0 Å². The minimum absolute atomic E-state index is 0.0579. The Morgan fingerprint density at radius 3 is 0.865 bits per heavy atom. The minimum Gasteiger partial charge on any atom is -0.308 e. The maximum atomic E-state index is 12.4. The second-order valence-electron chi connectivity index (χ2n) is 8.32. The van der Waals surface area contributed by atoms with Crippen molar-refractivity contribution in [1.29, 1.82) is 0 Å². The number of aldehydes is 6. The largest absolute Gasteiger partial charge is 0.308 e. The van der Waals surface area contributed by atoms with Crippen molar-refractivity contribution in [3.63, 3.8) is 0 Å². The van der Waals surface area contributed by atoms with Crippen molar-refractivity contribution in [3.8, 4) is 0 Å². The minimum atomic E-state index is 0.0579. The lowest BCUT2D eigenvalue weighted by Crippen LogP contribution is -2.19. The van der Waals surface area contributed by atoms with E-state index in [0.29, 0.717) is 73.7 Å². The molecule has 37 heavy (non-hydrogen) atoms. The van der Waals surface area contributed by atoms with Crippen LogP contribution in [0, 0.1) is 0 Å². The van der Waals surface area contributed by atoms with Crippen molar-refractivity contribution >= 4 is 54.8 Å². The summed E-state index contributed by atoms with van der Waals surface area (Å²) in [5, 5.41) is 0. The number of carbonyl (C=O) groups excluding carboxylic acids is 6. The third kappa shape index (κ3) is 4.68. The number of benzene rings is 3. The van der Waals surface area contributed by atoms with E-state index in [1.54, 1.807) is 36.4 Å². The van der Waals surface area contributed by atoms with E-state index in [0.717, 1.165) is 0 Å². The molecule has 3 rings (SSSR count). The highest BCUT2D eigenvalue weighted by Crippen LogP contribution is 2.42. The molecule has 0 aliphatic heterocycles. The molecule has 0 bridgehead atoms. The SMILES string of the molecule is CCc1ccc(N(c2ccc(CC)c(C=O)c2C=O)c2ccc(CC)c(C=O)c2C=O)c(C=O)c1C=O. The molecule has 0 atom stereocenters. The van der Waals surface area contributed by atoms with Crippen molar-refractivity contribution < 1.29 is 28.8 Å². The molecule has 0 spiro atoms. The summed E-state index contributed by atoms with van der Waals surface area (Å²) in [6.45, 7) is 5.55. The Morgan fingerprint density at radius 1 is 0.432 bits per heavy atom. The van der Waals surface area contributed by atoms with Crippen LogP contribution in [0.15, 0.2) is 36.4 Å². The molecule has 0 N–H and O–H groups in total. The van der Waals surface area contributed by atoms with Gasteiger partial charge in [-0.1, -0.05) is 39.0 Å². The third-order valence-electron chi connectivity index (χ3n) is 6.64. The molecule has 188 valence electrons. The van der Waals surface area contributed by atoms with E-state index in [2.05, 4.69) is 0 Å². The Labute approximate surface area is 215 Å². The second-order valence-corrected chi connectivity index (χ2v) is 8.32. The molecule has 0 radical (unpaired) electrons. The summed E-state index contributed by atoms with van der Waals surface area (Å²) in [5.41, 5.74) is 3.34. The predicted molar refractivity (Wildman–Crippen MR) is 142 cm³/mol. The standard InChI is InChI=1S/C30H27NO6/c1-4-19-7-10-28(25(16-35)22(19)13-32)31(29-11-8-20(5-2)23(14-33)26(29)17-36)30-12-9-21(6-3)24(15-34)27(30)18-37/h7-18H,4-6H2,1-3H3.